The number of hydrogen-bond donors (Lipinski definition) is 1. The summed E-state index contributed by atoms with van der Waals surface area (Å²) in [5, 5.41) is 15.0. The molecule has 1 N–H and O–H groups in total. The number of pyridine rings is 1. The number of fused-ring (bicyclic) bond motifs is 1. The number of rotatable bonds is 6. The standard InChI is InChI=1S/C19H17N3O4S/c1-12(27-18-10-7-13-5-3-4-6-15(13)20-18)19(23)21-16-9-8-14(22(24)25)11-17(16)26-2/h3-12H,1-2H3,(H,21,23)/t12-/m0/s1. The predicted molar refractivity (Wildman–Crippen MR) is 105 cm³/mol. The van der Waals surface area contributed by atoms with Crippen molar-refractivity contribution >= 4 is 39.9 Å². The van der Waals surface area contributed by atoms with Gasteiger partial charge in [-0.25, -0.2) is 4.98 Å². The monoisotopic (exact) mass is 383 g/mol. The fourth-order valence-electron chi connectivity index (χ4n) is 2.48. The van der Waals surface area contributed by atoms with Crippen LogP contribution in [0, 0.1) is 10.1 Å². The Morgan fingerprint density at radius 1 is 1.22 bits per heavy atom. The SMILES string of the molecule is COc1cc([N+](=O)[O-])ccc1NC(=O)[C@H](C)Sc1ccc2ccccc2n1. The number of hydrogen-bond acceptors (Lipinski definition) is 6. The molecular weight excluding hydrogens is 366 g/mol. The van der Waals surface area contributed by atoms with Gasteiger partial charge in [0.1, 0.15) is 5.75 Å². The molecule has 1 atom stereocenters. The molecular formula is C19H17N3O4S. The van der Waals surface area contributed by atoms with Gasteiger partial charge < -0.3 is 10.1 Å². The number of nitro groups is 1. The normalized spacial score (nSPS) is 11.8. The van der Waals surface area contributed by atoms with Crippen LogP contribution in [0.4, 0.5) is 11.4 Å². The lowest BCUT2D eigenvalue weighted by Crippen LogP contribution is -2.22. The molecule has 27 heavy (non-hydrogen) atoms. The Morgan fingerprint density at radius 2 is 2.00 bits per heavy atom. The summed E-state index contributed by atoms with van der Waals surface area (Å²) in [6.45, 7) is 1.77. The molecule has 7 nitrogen and oxygen atoms in total. The predicted octanol–water partition coefficient (Wildman–Crippen LogP) is 4.27. The number of nitro benzene ring substituents is 1. The first-order valence-corrected chi connectivity index (χ1v) is 9.01. The van der Waals surface area contributed by atoms with Crippen LogP contribution in [0.15, 0.2) is 59.6 Å². The number of nitrogens with one attached hydrogen (secondary N) is 1. The minimum atomic E-state index is -0.516. The maximum Gasteiger partial charge on any atom is 0.273 e. The number of methoxy groups -OCH3 is 1. The molecule has 0 spiro atoms. The van der Waals surface area contributed by atoms with E-state index < -0.39 is 10.2 Å². The van der Waals surface area contributed by atoms with Gasteiger partial charge in [-0.2, -0.15) is 0 Å². The zero-order chi connectivity index (χ0) is 19.4. The van der Waals surface area contributed by atoms with Gasteiger partial charge in [0.15, 0.2) is 0 Å². The van der Waals surface area contributed by atoms with E-state index in [2.05, 4.69) is 10.3 Å². The van der Waals surface area contributed by atoms with Crippen molar-refractivity contribution in [1.82, 2.24) is 4.98 Å². The van der Waals surface area contributed by atoms with E-state index in [0.717, 1.165) is 15.9 Å². The number of ether oxygens (including phenoxy) is 1. The summed E-state index contributed by atoms with van der Waals surface area (Å²) in [6, 6.07) is 15.7. The van der Waals surface area contributed by atoms with Gasteiger partial charge in [0.05, 0.1) is 39.6 Å². The molecule has 1 heterocycles. The second kappa shape index (κ2) is 8.05. The fraction of sp³-hybridized carbons (Fsp3) is 0.158. The topological polar surface area (TPSA) is 94.4 Å². The Morgan fingerprint density at radius 3 is 2.74 bits per heavy atom. The highest BCUT2D eigenvalue weighted by atomic mass is 32.2. The van der Waals surface area contributed by atoms with E-state index in [1.54, 1.807) is 6.92 Å². The molecule has 8 heteroatoms. The van der Waals surface area contributed by atoms with Gasteiger partial charge in [-0.15, -0.1) is 0 Å². The Balaban J connectivity index is 1.72. The number of carbonyl (C=O) groups is 1. The van der Waals surface area contributed by atoms with E-state index in [4.69, 9.17) is 4.74 Å². The number of anilines is 1. The first kappa shape index (κ1) is 18.7. The van der Waals surface area contributed by atoms with Crippen molar-refractivity contribution in [2.75, 3.05) is 12.4 Å². The van der Waals surface area contributed by atoms with Crippen LogP contribution < -0.4 is 10.1 Å². The Bertz CT molecular complexity index is 1010. The summed E-state index contributed by atoms with van der Waals surface area (Å²) in [5.74, 6) is -0.0132. The Labute approximate surface area is 159 Å². The average molecular weight is 383 g/mol. The molecule has 0 aliphatic rings. The van der Waals surface area contributed by atoms with Gasteiger partial charge in [-0.05, 0) is 25.1 Å². The van der Waals surface area contributed by atoms with Crippen molar-refractivity contribution < 1.29 is 14.5 Å². The number of nitrogens with zero attached hydrogens (tertiary/aromatic N) is 2. The number of benzene rings is 2. The molecule has 0 aliphatic carbocycles. The third kappa shape index (κ3) is 4.35. The summed E-state index contributed by atoms with van der Waals surface area (Å²) >= 11 is 1.34. The van der Waals surface area contributed by atoms with E-state index in [1.807, 2.05) is 36.4 Å². The zero-order valence-corrected chi connectivity index (χ0v) is 15.5. The van der Waals surface area contributed by atoms with E-state index in [0.29, 0.717) is 5.69 Å². The van der Waals surface area contributed by atoms with Crippen LogP contribution in [0.5, 0.6) is 5.75 Å². The summed E-state index contributed by atoms with van der Waals surface area (Å²) in [5.41, 5.74) is 1.15. The van der Waals surface area contributed by atoms with Crippen LogP contribution in [0.2, 0.25) is 0 Å². The van der Waals surface area contributed by atoms with Crippen LogP contribution in [0.25, 0.3) is 10.9 Å². The second-order valence-corrected chi connectivity index (χ2v) is 7.09. The molecule has 0 saturated carbocycles. The Kier molecular flexibility index (Phi) is 5.56. The van der Waals surface area contributed by atoms with Gasteiger partial charge in [-0.1, -0.05) is 36.0 Å². The third-order valence-electron chi connectivity index (χ3n) is 3.89. The lowest BCUT2D eigenvalue weighted by molar-refractivity contribution is -0.384. The molecule has 0 bridgehead atoms. The van der Waals surface area contributed by atoms with Crippen molar-refractivity contribution in [3.8, 4) is 5.75 Å². The lowest BCUT2D eigenvalue weighted by Gasteiger charge is -2.14. The van der Waals surface area contributed by atoms with Crippen LogP contribution in [0.3, 0.4) is 0 Å². The molecule has 2 aromatic carbocycles. The van der Waals surface area contributed by atoms with Crippen molar-refractivity contribution in [1.29, 1.82) is 0 Å². The molecule has 1 amide bonds. The molecule has 0 aliphatic heterocycles. The first-order valence-electron chi connectivity index (χ1n) is 8.13. The fourth-order valence-corrected chi connectivity index (χ4v) is 3.30. The van der Waals surface area contributed by atoms with Crippen LogP contribution in [0.1, 0.15) is 6.92 Å². The van der Waals surface area contributed by atoms with Crippen LogP contribution in [-0.2, 0) is 4.79 Å². The number of non-ortho nitro benzene ring substituents is 1. The molecule has 3 rings (SSSR count). The molecule has 1 aromatic heterocycles. The van der Waals surface area contributed by atoms with Gasteiger partial charge in [0, 0.05) is 11.5 Å². The average Bonchev–Trinajstić information content (AvgIpc) is 2.67. The molecule has 0 unspecified atom stereocenters. The number of carbonyl (C=O) groups excluding carboxylic acids is 1. The quantitative estimate of drug-likeness (QED) is 0.388. The summed E-state index contributed by atoms with van der Waals surface area (Å²) in [4.78, 5) is 27.4. The minimum absolute atomic E-state index is 0.104. The Hall–Kier alpha value is -3.13. The summed E-state index contributed by atoms with van der Waals surface area (Å²) in [7, 11) is 1.39. The van der Waals surface area contributed by atoms with E-state index >= 15 is 0 Å². The van der Waals surface area contributed by atoms with Crippen molar-refractivity contribution in [2.45, 2.75) is 17.2 Å². The number of para-hydroxylation sites is 1. The maximum absolute atomic E-state index is 12.5. The second-order valence-electron chi connectivity index (χ2n) is 5.73. The summed E-state index contributed by atoms with van der Waals surface area (Å²) in [6.07, 6.45) is 0. The zero-order valence-electron chi connectivity index (χ0n) is 14.7. The van der Waals surface area contributed by atoms with Crippen LogP contribution >= 0.6 is 11.8 Å². The molecule has 3 aromatic rings. The highest BCUT2D eigenvalue weighted by molar-refractivity contribution is 8.00. The first-order chi connectivity index (χ1) is 13.0. The minimum Gasteiger partial charge on any atom is -0.494 e. The van der Waals surface area contributed by atoms with Gasteiger partial charge in [0.25, 0.3) is 5.69 Å². The van der Waals surface area contributed by atoms with Crippen molar-refractivity contribution in [2.24, 2.45) is 0 Å². The van der Waals surface area contributed by atoms with Crippen LogP contribution in [-0.4, -0.2) is 28.2 Å². The van der Waals surface area contributed by atoms with Gasteiger partial charge in [0.2, 0.25) is 5.91 Å². The largest absolute Gasteiger partial charge is 0.494 e. The molecule has 0 saturated heterocycles. The smallest absolute Gasteiger partial charge is 0.273 e. The lowest BCUT2D eigenvalue weighted by atomic mass is 10.2. The van der Waals surface area contributed by atoms with E-state index in [1.165, 1.54) is 37.1 Å². The number of amides is 1. The van der Waals surface area contributed by atoms with Gasteiger partial charge in [-0.3, -0.25) is 14.9 Å². The van der Waals surface area contributed by atoms with E-state index in [9.17, 15) is 14.9 Å². The summed E-state index contributed by atoms with van der Waals surface area (Å²) < 4.78 is 5.14. The molecule has 0 fully saturated rings. The van der Waals surface area contributed by atoms with Crippen molar-refractivity contribution in [3.05, 3.63) is 64.7 Å². The number of thioether (sulfide) groups is 1. The van der Waals surface area contributed by atoms with Crippen molar-refractivity contribution in [3.63, 3.8) is 0 Å². The highest BCUT2D eigenvalue weighted by Gasteiger charge is 2.19. The van der Waals surface area contributed by atoms with E-state index in [-0.39, 0.29) is 17.3 Å². The third-order valence-corrected chi connectivity index (χ3v) is 4.93. The number of aromatic nitrogens is 1. The molecule has 0 radical (unpaired) electrons. The maximum atomic E-state index is 12.5. The van der Waals surface area contributed by atoms with Gasteiger partial charge >= 0.3 is 0 Å². The molecule has 138 valence electrons. The highest BCUT2D eigenvalue weighted by Crippen LogP contribution is 2.30.